The highest BCUT2D eigenvalue weighted by atomic mass is 32.1. The van der Waals surface area contributed by atoms with Gasteiger partial charge in [-0.15, -0.1) is 11.3 Å². The molecule has 8 heteroatoms. The van der Waals surface area contributed by atoms with Crippen LogP contribution < -0.4 is 10.4 Å². The lowest BCUT2D eigenvalue weighted by Crippen LogP contribution is -2.24. The van der Waals surface area contributed by atoms with E-state index in [9.17, 15) is 23.9 Å². The molecule has 0 saturated carbocycles. The van der Waals surface area contributed by atoms with Crippen LogP contribution in [0.4, 0.5) is 9.39 Å². The van der Waals surface area contributed by atoms with Gasteiger partial charge in [0.15, 0.2) is 0 Å². The van der Waals surface area contributed by atoms with E-state index in [-0.39, 0.29) is 23.6 Å². The molecule has 1 aromatic carbocycles. The number of aliphatic carboxylic acids is 1. The van der Waals surface area contributed by atoms with Gasteiger partial charge in [-0.2, -0.15) is 0 Å². The fraction of sp³-hybridized carbons (Fsp3) is 0.278. The number of halogens is 1. The summed E-state index contributed by atoms with van der Waals surface area (Å²) in [6.45, 7) is 3.57. The molecule has 0 radical (unpaired) electrons. The minimum atomic E-state index is -1.33. The predicted molar refractivity (Wildman–Crippen MR) is 93.3 cm³/mol. The summed E-state index contributed by atoms with van der Waals surface area (Å²) < 4.78 is 18.3. The topological polar surface area (TPSA) is 95.5 Å². The molecule has 138 valence electrons. The number of anilines is 1. The van der Waals surface area contributed by atoms with Gasteiger partial charge in [-0.05, 0) is 38.0 Å². The summed E-state index contributed by atoms with van der Waals surface area (Å²) in [4.78, 5) is 35.6. The normalized spacial score (nSPS) is 10.4. The van der Waals surface area contributed by atoms with Crippen molar-refractivity contribution < 1.29 is 28.6 Å². The van der Waals surface area contributed by atoms with Gasteiger partial charge < -0.3 is 20.0 Å². The molecule has 0 saturated heterocycles. The second kappa shape index (κ2) is 8.57. The van der Waals surface area contributed by atoms with E-state index in [1.54, 1.807) is 13.8 Å². The van der Waals surface area contributed by atoms with E-state index < -0.39 is 30.1 Å². The standard InChI is InChI=1S/C18H18FNO5S/c1-3-25-18(24)16-15(11-4-6-12(19)7-5-11)10(2)26-17(16)20-13(21)8-9-14(22)23/h4-7H,3,8-9H2,1-2H3,(H,20,21)(H,22,23)/p-1. The Kier molecular flexibility index (Phi) is 6.46. The number of nitrogens with one attached hydrogen (secondary N) is 1. The number of hydrogen-bond donors (Lipinski definition) is 1. The second-order valence-corrected chi connectivity index (χ2v) is 6.61. The quantitative estimate of drug-likeness (QED) is 0.747. The van der Waals surface area contributed by atoms with Crippen LogP contribution in [0, 0.1) is 12.7 Å². The van der Waals surface area contributed by atoms with E-state index >= 15 is 0 Å². The van der Waals surface area contributed by atoms with Gasteiger partial charge in [0.05, 0.1) is 6.61 Å². The molecule has 1 heterocycles. The van der Waals surface area contributed by atoms with E-state index in [4.69, 9.17) is 4.74 Å². The number of rotatable bonds is 7. The number of thiophene rings is 1. The monoisotopic (exact) mass is 378 g/mol. The lowest BCUT2D eigenvalue weighted by molar-refractivity contribution is -0.305. The summed E-state index contributed by atoms with van der Waals surface area (Å²) >= 11 is 1.17. The smallest absolute Gasteiger partial charge is 0.341 e. The van der Waals surface area contributed by atoms with Gasteiger partial charge in [0.25, 0.3) is 0 Å². The van der Waals surface area contributed by atoms with Gasteiger partial charge in [-0.25, -0.2) is 9.18 Å². The largest absolute Gasteiger partial charge is 0.550 e. The number of carbonyl (C=O) groups excluding carboxylic acids is 3. The molecule has 0 bridgehead atoms. The zero-order valence-corrected chi connectivity index (χ0v) is 15.1. The molecule has 0 spiro atoms. The van der Waals surface area contributed by atoms with Crippen molar-refractivity contribution in [3.8, 4) is 11.1 Å². The molecule has 0 aliphatic carbocycles. The third-order valence-corrected chi connectivity index (χ3v) is 4.53. The van der Waals surface area contributed by atoms with Crippen LogP contribution in [0.3, 0.4) is 0 Å². The Balaban J connectivity index is 2.43. The summed E-state index contributed by atoms with van der Waals surface area (Å²) in [7, 11) is 0. The summed E-state index contributed by atoms with van der Waals surface area (Å²) in [5.74, 6) is -2.91. The number of esters is 1. The van der Waals surface area contributed by atoms with Gasteiger partial charge >= 0.3 is 5.97 Å². The van der Waals surface area contributed by atoms with Crippen LogP contribution in [0.15, 0.2) is 24.3 Å². The first-order chi connectivity index (χ1) is 12.3. The van der Waals surface area contributed by atoms with Crippen LogP contribution in [0.25, 0.3) is 11.1 Å². The van der Waals surface area contributed by atoms with E-state index in [2.05, 4.69) is 5.32 Å². The van der Waals surface area contributed by atoms with E-state index in [1.807, 2.05) is 0 Å². The summed E-state index contributed by atoms with van der Waals surface area (Å²) in [6, 6.07) is 5.63. The maximum atomic E-state index is 13.2. The van der Waals surface area contributed by atoms with Crippen LogP contribution in [-0.2, 0) is 14.3 Å². The van der Waals surface area contributed by atoms with Crippen molar-refractivity contribution in [2.75, 3.05) is 11.9 Å². The average molecular weight is 378 g/mol. The van der Waals surface area contributed by atoms with Crippen molar-refractivity contribution in [2.45, 2.75) is 26.7 Å². The third-order valence-electron chi connectivity index (χ3n) is 3.51. The molecular weight excluding hydrogens is 361 g/mol. The van der Waals surface area contributed by atoms with Crippen LogP contribution >= 0.6 is 11.3 Å². The number of hydrogen-bond acceptors (Lipinski definition) is 6. The maximum Gasteiger partial charge on any atom is 0.341 e. The number of carbonyl (C=O) groups is 3. The molecule has 1 aromatic heterocycles. The summed E-state index contributed by atoms with van der Waals surface area (Å²) in [5.41, 5.74) is 1.32. The second-order valence-electron chi connectivity index (χ2n) is 5.38. The van der Waals surface area contributed by atoms with Crippen molar-refractivity contribution in [1.82, 2.24) is 0 Å². The average Bonchev–Trinajstić information content (AvgIpc) is 2.90. The lowest BCUT2D eigenvalue weighted by atomic mass is 10.0. The number of carboxylic acids is 1. The molecule has 26 heavy (non-hydrogen) atoms. The van der Waals surface area contributed by atoms with Crippen LogP contribution in [0.5, 0.6) is 0 Å². The highest BCUT2D eigenvalue weighted by molar-refractivity contribution is 7.17. The number of aryl methyl sites for hydroxylation is 1. The highest BCUT2D eigenvalue weighted by Crippen LogP contribution is 2.40. The molecule has 6 nitrogen and oxygen atoms in total. The Morgan fingerprint density at radius 3 is 2.42 bits per heavy atom. The molecule has 1 amide bonds. The molecule has 0 atom stereocenters. The van der Waals surface area contributed by atoms with Gasteiger partial charge in [0, 0.05) is 22.8 Å². The van der Waals surface area contributed by atoms with Gasteiger partial charge in [-0.1, -0.05) is 12.1 Å². The van der Waals surface area contributed by atoms with Crippen molar-refractivity contribution in [2.24, 2.45) is 0 Å². The van der Waals surface area contributed by atoms with Gasteiger partial charge in [-0.3, -0.25) is 4.79 Å². The first kappa shape index (κ1) is 19.6. The number of carboxylic acid groups (broad SMARTS) is 1. The van der Waals surface area contributed by atoms with Crippen LogP contribution in [0.1, 0.15) is 35.0 Å². The number of amides is 1. The number of benzene rings is 1. The minimum absolute atomic E-state index is 0.147. The fourth-order valence-corrected chi connectivity index (χ4v) is 3.48. The minimum Gasteiger partial charge on any atom is -0.550 e. The molecule has 0 aliphatic heterocycles. The molecule has 1 N–H and O–H groups in total. The van der Waals surface area contributed by atoms with Crippen molar-refractivity contribution >= 4 is 34.2 Å². The molecule has 0 fully saturated rings. The lowest BCUT2D eigenvalue weighted by Gasteiger charge is -2.09. The van der Waals surface area contributed by atoms with Gasteiger partial charge in [0.1, 0.15) is 16.4 Å². The van der Waals surface area contributed by atoms with E-state index in [1.165, 1.54) is 35.6 Å². The molecule has 2 rings (SSSR count). The third kappa shape index (κ3) is 4.66. The van der Waals surface area contributed by atoms with Crippen LogP contribution in [0.2, 0.25) is 0 Å². The first-order valence-electron chi connectivity index (χ1n) is 7.89. The van der Waals surface area contributed by atoms with Crippen molar-refractivity contribution in [3.63, 3.8) is 0 Å². The molecule has 0 unspecified atom stereocenters. The number of ether oxygens (including phenoxy) is 1. The zero-order valence-electron chi connectivity index (χ0n) is 14.3. The van der Waals surface area contributed by atoms with Crippen molar-refractivity contribution in [3.05, 3.63) is 40.5 Å². The summed E-state index contributed by atoms with van der Waals surface area (Å²) in [5, 5.41) is 13.3. The molecule has 0 aliphatic rings. The molecule has 2 aromatic rings. The Bertz CT molecular complexity index is 829. The van der Waals surface area contributed by atoms with Crippen LogP contribution in [-0.4, -0.2) is 24.5 Å². The SMILES string of the molecule is CCOC(=O)c1c(NC(=O)CCC(=O)[O-])sc(C)c1-c1ccc(F)cc1. The fourth-order valence-electron chi connectivity index (χ4n) is 2.40. The predicted octanol–water partition coefficient (Wildman–Crippen LogP) is 2.51. The van der Waals surface area contributed by atoms with Crippen molar-refractivity contribution in [1.29, 1.82) is 0 Å². The van der Waals surface area contributed by atoms with E-state index in [0.717, 1.165) is 4.88 Å². The first-order valence-corrected chi connectivity index (χ1v) is 8.71. The zero-order chi connectivity index (χ0) is 19.3. The Labute approximate surface area is 153 Å². The Morgan fingerprint density at radius 2 is 1.85 bits per heavy atom. The Morgan fingerprint density at radius 1 is 1.19 bits per heavy atom. The highest BCUT2D eigenvalue weighted by Gasteiger charge is 2.25. The van der Waals surface area contributed by atoms with E-state index in [0.29, 0.717) is 11.1 Å². The maximum absolute atomic E-state index is 13.2. The van der Waals surface area contributed by atoms with Gasteiger partial charge in [0.2, 0.25) is 5.91 Å². The molecular formula is C18H17FNO5S-. The summed E-state index contributed by atoms with van der Waals surface area (Å²) in [6.07, 6.45) is -0.691. The Hall–Kier alpha value is -2.74.